The zero-order chi connectivity index (χ0) is 15.9. The maximum atomic E-state index is 12.8. The average molecular weight is 316 g/mol. The van der Waals surface area contributed by atoms with Crippen molar-refractivity contribution in [1.29, 1.82) is 0 Å². The third-order valence-electron chi connectivity index (χ3n) is 3.46. The molecule has 22 heavy (non-hydrogen) atoms. The van der Waals surface area contributed by atoms with E-state index in [1.165, 1.54) is 24.4 Å². The fourth-order valence-corrected chi connectivity index (χ4v) is 3.85. The van der Waals surface area contributed by atoms with Gasteiger partial charge in [-0.3, -0.25) is 10.1 Å². The number of fused-ring (bicyclic) bond motifs is 1. The van der Waals surface area contributed by atoms with Gasteiger partial charge in [-0.25, -0.2) is 12.4 Å². The smallest absolute Gasteiger partial charge is 0.258 e. The zero-order valence-electron chi connectivity index (χ0n) is 11.6. The lowest BCUT2D eigenvalue weighted by Gasteiger charge is -2.07. The van der Waals surface area contributed by atoms with Crippen LogP contribution in [-0.2, 0) is 10.0 Å². The van der Waals surface area contributed by atoms with Crippen molar-refractivity contribution in [3.8, 4) is 0 Å². The van der Waals surface area contributed by atoms with Gasteiger partial charge in [-0.15, -0.1) is 0 Å². The van der Waals surface area contributed by atoms with E-state index in [2.05, 4.69) is 0 Å². The number of hydrogen-bond donors (Lipinski definition) is 0. The van der Waals surface area contributed by atoms with E-state index < -0.39 is 14.9 Å². The fraction of sp³-hybridized carbons (Fsp3) is 0.0667. The van der Waals surface area contributed by atoms with E-state index in [0.717, 1.165) is 21.0 Å². The van der Waals surface area contributed by atoms with Gasteiger partial charge < -0.3 is 0 Å². The molecule has 0 atom stereocenters. The minimum atomic E-state index is -3.89. The predicted molar refractivity (Wildman–Crippen MR) is 82.4 cm³/mol. The second-order valence-corrected chi connectivity index (χ2v) is 6.70. The highest BCUT2D eigenvalue weighted by Gasteiger charge is 2.22. The SMILES string of the molecule is Cc1cn(S(=O)(=O)c2cccc([N+](=O)[O-])c2)c2ccccc12. The minimum absolute atomic E-state index is 0.109. The molecule has 0 bridgehead atoms. The van der Waals surface area contributed by atoms with Crippen molar-refractivity contribution in [1.82, 2.24) is 3.97 Å². The maximum Gasteiger partial charge on any atom is 0.270 e. The van der Waals surface area contributed by atoms with Crippen LogP contribution in [0.25, 0.3) is 10.9 Å². The van der Waals surface area contributed by atoms with Crippen molar-refractivity contribution in [2.45, 2.75) is 11.8 Å². The molecule has 1 heterocycles. The normalized spacial score (nSPS) is 11.7. The van der Waals surface area contributed by atoms with E-state index in [-0.39, 0.29) is 10.6 Å². The highest BCUT2D eigenvalue weighted by Crippen LogP contribution is 2.26. The number of rotatable bonds is 3. The first-order valence-electron chi connectivity index (χ1n) is 6.48. The van der Waals surface area contributed by atoms with Crippen molar-refractivity contribution in [3.63, 3.8) is 0 Å². The number of aromatic nitrogens is 1. The summed E-state index contributed by atoms with van der Waals surface area (Å²) in [7, 11) is -3.89. The molecule has 6 nitrogen and oxygen atoms in total. The average Bonchev–Trinajstić information content (AvgIpc) is 2.86. The van der Waals surface area contributed by atoms with Gasteiger partial charge in [-0.2, -0.15) is 0 Å². The predicted octanol–water partition coefficient (Wildman–Crippen LogP) is 3.09. The van der Waals surface area contributed by atoms with Crippen LogP contribution < -0.4 is 0 Å². The van der Waals surface area contributed by atoms with Gasteiger partial charge in [0, 0.05) is 23.7 Å². The van der Waals surface area contributed by atoms with Gasteiger partial charge in [0.1, 0.15) is 0 Å². The monoisotopic (exact) mass is 316 g/mol. The van der Waals surface area contributed by atoms with Gasteiger partial charge >= 0.3 is 0 Å². The van der Waals surface area contributed by atoms with E-state index in [9.17, 15) is 18.5 Å². The first-order valence-corrected chi connectivity index (χ1v) is 7.92. The molecule has 0 N–H and O–H groups in total. The summed E-state index contributed by atoms with van der Waals surface area (Å²) >= 11 is 0. The highest BCUT2D eigenvalue weighted by molar-refractivity contribution is 7.90. The molecule has 0 saturated heterocycles. The summed E-state index contributed by atoms with van der Waals surface area (Å²) in [6, 6.07) is 12.2. The van der Waals surface area contributed by atoms with Crippen LogP contribution >= 0.6 is 0 Å². The number of nitro groups is 1. The molecule has 0 radical (unpaired) electrons. The van der Waals surface area contributed by atoms with Crippen molar-refractivity contribution < 1.29 is 13.3 Å². The Morgan fingerprint density at radius 3 is 2.55 bits per heavy atom. The van der Waals surface area contributed by atoms with Crippen molar-refractivity contribution in [2.75, 3.05) is 0 Å². The zero-order valence-corrected chi connectivity index (χ0v) is 12.4. The topological polar surface area (TPSA) is 82.2 Å². The number of aryl methyl sites for hydroxylation is 1. The summed E-state index contributed by atoms with van der Waals surface area (Å²) in [6.45, 7) is 1.82. The lowest BCUT2D eigenvalue weighted by Crippen LogP contribution is -2.12. The molecule has 0 fully saturated rings. The standard InChI is InChI=1S/C15H12N2O4S/c1-11-10-16(15-8-3-2-7-14(11)15)22(20,21)13-6-4-5-12(9-13)17(18)19/h2-10H,1H3. The summed E-state index contributed by atoms with van der Waals surface area (Å²) in [5.41, 5.74) is 1.12. The molecule has 1 aromatic heterocycles. The van der Waals surface area contributed by atoms with Gasteiger partial charge in [-0.1, -0.05) is 24.3 Å². The molecule has 0 aliphatic carbocycles. The highest BCUT2D eigenvalue weighted by atomic mass is 32.2. The Labute approximate surface area is 126 Å². The van der Waals surface area contributed by atoms with Crippen LogP contribution in [0.5, 0.6) is 0 Å². The second-order valence-electron chi connectivity index (χ2n) is 4.88. The Morgan fingerprint density at radius 2 is 1.82 bits per heavy atom. The molecule has 0 saturated carbocycles. The Bertz CT molecular complexity index is 990. The largest absolute Gasteiger partial charge is 0.270 e. The Balaban J connectivity index is 2.25. The van der Waals surface area contributed by atoms with Gasteiger partial charge in [0.2, 0.25) is 0 Å². The van der Waals surface area contributed by atoms with Crippen molar-refractivity contribution in [2.24, 2.45) is 0 Å². The third kappa shape index (κ3) is 2.15. The van der Waals surface area contributed by atoms with E-state index in [1.807, 2.05) is 19.1 Å². The summed E-state index contributed by atoms with van der Waals surface area (Å²) in [6.07, 6.45) is 1.53. The number of para-hydroxylation sites is 1. The molecule has 112 valence electrons. The number of benzene rings is 2. The van der Waals surface area contributed by atoms with Crippen molar-refractivity contribution >= 4 is 26.6 Å². The molecule has 7 heteroatoms. The summed E-state index contributed by atoms with van der Waals surface area (Å²) in [5.74, 6) is 0. The first-order chi connectivity index (χ1) is 10.4. The van der Waals surface area contributed by atoms with E-state index in [4.69, 9.17) is 0 Å². The molecular weight excluding hydrogens is 304 g/mol. The fourth-order valence-electron chi connectivity index (χ4n) is 2.38. The van der Waals surface area contributed by atoms with Crippen LogP contribution in [0.4, 0.5) is 5.69 Å². The minimum Gasteiger partial charge on any atom is -0.258 e. The molecule has 0 aliphatic rings. The molecular formula is C15H12N2O4S. The van der Waals surface area contributed by atoms with Crippen LogP contribution in [0.3, 0.4) is 0 Å². The summed E-state index contributed by atoms with van der Waals surface area (Å²) in [4.78, 5) is 10.1. The van der Waals surface area contributed by atoms with Crippen molar-refractivity contribution in [3.05, 3.63) is 70.4 Å². The molecule has 0 aliphatic heterocycles. The Morgan fingerprint density at radius 1 is 1.09 bits per heavy atom. The van der Waals surface area contributed by atoms with Gasteiger partial charge in [-0.05, 0) is 24.6 Å². The van der Waals surface area contributed by atoms with E-state index in [0.29, 0.717) is 5.52 Å². The van der Waals surface area contributed by atoms with Gasteiger partial charge in [0.25, 0.3) is 15.7 Å². The number of nitro benzene ring substituents is 1. The maximum absolute atomic E-state index is 12.8. The number of non-ortho nitro benzene ring substituents is 1. The third-order valence-corrected chi connectivity index (χ3v) is 5.13. The molecule has 0 unspecified atom stereocenters. The van der Waals surface area contributed by atoms with Gasteiger partial charge in [0.05, 0.1) is 15.3 Å². The van der Waals surface area contributed by atoms with Crippen LogP contribution in [0.15, 0.2) is 59.6 Å². The molecule has 0 spiro atoms. The molecule has 0 amide bonds. The van der Waals surface area contributed by atoms with Gasteiger partial charge in [0.15, 0.2) is 0 Å². The number of hydrogen-bond acceptors (Lipinski definition) is 4. The van der Waals surface area contributed by atoms with Crippen LogP contribution in [0.2, 0.25) is 0 Å². The Kier molecular flexibility index (Phi) is 3.22. The molecule has 2 aromatic carbocycles. The quantitative estimate of drug-likeness (QED) is 0.549. The summed E-state index contributed by atoms with van der Waals surface area (Å²) < 4.78 is 26.7. The Hall–Kier alpha value is -2.67. The number of nitrogens with zero attached hydrogens (tertiary/aromatic N) is 2. The van der Waals surface area contributed by atoms with E-state index in [1.54, 1.807) is 12.1 Å². The lowest BCUT2D eigenvalue weighted by molar-refractivity contribution is -0.385. The van der Waals surface area contributed by atoms with Crippen LogP contribution in [0.1, 0.15) is 5.56 Å². The van der Waals surface area contributed by atoms with E-state index >= 15 is 0 Å². The van der Waals surface area contributed by atoms with Crippen LogP contribution in [-0.4, -0.2) is 17.3 Å². The first kappa shape index (κ1) is 14.3. The molecule has 3 aromatic rings. The molecule has 3 rings (SSSR count). The lowest BCUT2D eigenvalue weighted by atomic mass is 10.2. The van der Waals surface area contributed by atoms with Crippen LogP contribution in [0, 0.1) is 17.0 Å². The second kappa shape index (κ2) is 4.96. The summed E-state index contributed by atoms with van der Waals surface area (Å²) in [5, 5.41) is 11.7.